The Hall–Kier alpha value is -2.97. The van der Waals surface area contributed by atoms with Crippen LogP contribution in [0.4, 0.5) is 5.69 Å². The monoisotopic (exact) mass is 337 g/mol. The Balaban J connectivity index is 2.66. The van der Waals surface area contributed by atoms with Crippen molar-refractivity contribution in [3.8, 4) is 0 Å². The summed E-state index contributed by atoms with van der Waals surface area (Å²) in [6.45, 7) is 4.94. The van der Waals surface area contributed by atoms with Crippen LogP contribution in [0.3, 0.4) is 0 Å². The number of hydrogen-bond acceptors (Lipinski definition) is 6. The zero-order valence-electron chi connectivity index (χ0n) is 13.6. The van der Waals surface area contributed by atoms with E-state index in [1.54, 1.807) is 6.92 Å². The molecular formula is C15H19N3O6. The fourth-order valence-corrected chi connectivity index (χ4v) is 1.75. The quantitative estimate of drug-likeness (QED) is 0.430. The number of rotatable bonds is 7. The molecule has 0 unspecified atom stereocenters. The second kappa shape index (κ2) is 8.61. The van der Waals surface area contributed by atoms with E-state index in [1.165, 1.54) is 32.0 Å². The third kappa shape index (κ3) is 5.34. The van der Waals surface area contributed by atoms with Crippen molar-refractivity contribution >= 4 is 23.5 Å². The highest BCUT2D eigenvalue weighted by molar-refractivity contribution is 5.97. The number of carbonyl (C=O) groups is 3. The number of nitrogens with one attached hydrogen (secondary N) is 2. The number of non-ortho nitro benzene ring substituents is 1. The topological polar surface area (TPSA) is 128 Å². The zero-order valence-corrected chi connectivity index (χ0v) is 13.6. The van der Waals surface area contributed by atoms with Crippen molar-refractivity contribution in [1.82, 2.24) is 10.6 Å². The van der Waals surface area contributed by atoms with Crippen molar-refractivity contribution in [2.24, 2.45) is 0 Å². The smallest absolute Gasteiger partial charge is 0.329 e. The number of likely N-dealkylation sites (N-methyl/N-ethyl adjacent to an activating group) is 1. The van der Waals surface area contributed by atoms with Gasteiger partial charge in [0.05, 0.1) is 4.92 Å². The zero-order chi connectivity index (χ0) is 18.3. The number of nitro groups is 1. The molecule has 9 heteroatoms. The maximum absolute atomic E-state index is 12.0. The summed E-state index contributed by atoms with van der Waals surface area (Å²) in [7, 11) is 0. The number of amides is 2. The fraction of sp³-hybridized carbons (Fsp3) is 0.400. The van der Waals surface area contributed by atoms with E-state index < -0.39 is 34.9 Å². The Labute approximate surface area is 138 Å². The van der Waals surface area contributed by atoms with Crippen LogP contribution in [0.25, 0.3) is 0 Å². The molecule has 0 aliphatic carbocycles. The first kappa shape index (κ1) is 19.1. The van der Waals surface area contributed by atoms with Gasteiger partial charge in [-0.25, -0.2) is 4.79 Å². The lowest BCUT2D eigenvalue weighted by Gasteiger charge is -2.17. The van der Waals surface area contributed by atoms with Crippen LogP contribution in [0.5, 0.6) is 0 Å². The molecule has 2 amide bonds. The number of carbonyl (C=O) groups excluding carboxylic acids is 3. The minimum atomic E-state index is -1.02. The number of nitrogens with zero attached hydrogens (tertiary/aromatic N) is 1. The number of benzene rings is 1. The maximum Gasteiger partial charge on any atom is 0.329 e. The predicted octanol–water partition coefficient (Wildman–Crippen LogP) is 0.781. The van der Waals surface area contributed by atoms with Crippen LogP contribution in [0.1, 0.15) is 31.1 Å². The average Bonchev–Trinajstić information content (AvgIpc) is 2.54. The highest BCUT2D eigenvalue weighted by atomic mass is 16.6. The summed E-state index contributed by atoms with van der Waals surface area (Å²) in [6.07, 6.45) is -0.991. The van der Waals surface area contributed by atoms with E-state index in [2.05, 4.69) is 10.6 Å². The molecule has 130 valence electrons. The molecule has 24 heavy (non-hydrogen) atoms. The van der Waals surface area contributed by atoms with Gasteiger partial charge in [-0.1, -0.05) is 6.07 Å². The Morgan fingerprint density at radius 3 is 2.54 bits per heavy atom. The number of ether oxygens (including phenoxy) is 1. The van der Waals surface area contributed by atoms with Gasteiger partial charge >= 0.3 is 5.97 Å². The summed E-state index contributed by atoms with van der Waals surface area (Å²) < 4.78 is 4.95. The van der Waals surface area contributed by atoms with Crippen LogP contribution < -0.4 is 10.6 Å². The molecule has 1 rings (SSSR count). The van der Waals surface area contributed by atoms with Crippen molar-refractivity contribution in [1.29, 1.82) is 0 Å². The van der Waals surface area contributed by atoms with Gasteiger partial charge in [-0.05, 0) is 26.8 Å². The van der Waals surface area contributed by atoms with E-state index in [0.717, 1.165) is 6.07 Å². The average molecular weight is 337 g/mol. The van der Waals surface area contributed by atoms with Gasteiger partial charge in [-0.2, -0.15) is 0 Å². The highest BCUT2D eigenvalue weighted by Gasteiger charge is 2.23. The summed E-state index contributed by atoms with van der Waals surface area (Å²) in [5, 5.41) is 15.6. The molecule has 1 aromatic carbocycles. The van der Waals surface area contributed by atoms with E-state index >= 15 is 0 Å². The largest absolute Gasteiger partial charge is 0.451 e. The van der Waals surface area contributed by atoms with Gasteiger partial charge in [-0.3, -0.25) is 19.7 Å². The van der Waals surface area contributed by atoms with Gasteiger partial charge < -0.3 is 15.4 Å². The van der Waals surface area contributed by atoms with E-state index in [1.807, 2.05) is 0 Å². The summed E-state index contributed by atoms with van der Waals surface area (Å²) in [5.74, 6) is -1.88. The first-order valence-electron chi connectivity index (χ1n) is 7.29. The number of hydrogen-bond donors (Lipinski definition) is 2. The molecule has 2 N–H and O–H groups in total. The molecule has 1 aromatic rings. The van der Waals surface area contributed by atoms with Crippen molar-refractivity contribution in [2.75, 3.05) is 6.54 Å². The van der Waals surface area contributed by atoms with Crippen LogP contribution in [0, 0.1) is 10.1 Å². The van der Waals surface area contributed by atoms with Gasteiger partial charge in [0, 0.05) is 24.2 Å². The molecule has 0 radical (unpaired) electrons. The minimum absolute atomic E-state index is 0.0422. The predicted molar refractivity (Wildman–Crippen MR) is 84.3 cm³/mol. The third-order valence-corrected chi connectivity index (χ3v) is 3.03. The molecule has 0 saturated carbocycles. The molecule has 0 aliphatic heterocycles. The first-order valence-corrected chi connectivity index (χ1v) is 7.29. The highest BCUT2D eigenvalue weighted by Crippen LogP contribution is 2.13. The minimum Gasteiger partial charge on any atom is -0.451 e. The SMILES string of the molecule is CCNC(=O)[C@@H](C)OC(=O)[C@H](C)NC(=O)c1cccc([N+](=O)[O-])c1. The second-order valence-electron chi connectivity index (χ2n) is 4.98. The molecule has 0 saturated heterocycles. The molecule has 0 fully saturated rings. The second-order valence-corrected chi connectivity index (χ2v) is 4.98. The number of esters is 1. The molecular weight excluding hydrogens is 318 g/mol. The van der Waals surface area contributed by atoms with E-state index in [-0.39, 0.29) is 11.3 Å². The van der Waals surface area contributed by atoms with Crippen LogP contribution in [-0.2, 0) is 14.3 Å². The molecule has 0 heterocycles. The van der Waals surface area contributed by atoms with E-state index in [0.29, 0.717) is 6.54 Å². The van der Waals surface area contributed by atoms with Gasteiger partial charge in [0.15, 0.2) is 6.10 Å². The van der Waals surface area contributed by atoms with Gasteiger partial charge in [0.25, 0.3) is 17.5 Å². The summed E-state index contributed by atoms with van der Waals surface area (Å²) in [6, 6.07) is 4.09. The lowest BCUT2D eigenvalue weighted by atomic mass is 10.2. The normalized spacial score (nSPS) is 12.6. The summed E-state index contributed by atoms with van der Waals surface area (Å²) in [5.41, 5.74) is -0.191. The van der Waals surface area contributed by atoms with Gasteiger partial charge in [0.2, 0.25) is 0 Å². The number of nitro benzene ring substituents is 1. The Kier molecular flexibility index (Phi) is 6.84. The first-order chi connectivity index (χ1) is 11.3. The van der Waals surface area contributed by atoms with Crippen molar-refractivity contribution in [3.63, 3.8) is 0 Å². The van der Waals surface area contributed by atoms with Crippen LogP contribution >= 0.6 is 0 Å². The van der Waals surface area contributed by atoms with E-state index in [9.17, 15) is 24.5 Å². The van der Waals surface area contributed by atoms with Crippen LogP contribution in [-0.4, -0.2) is 41.4 Å². The van der Waals surface area contributed by atoms with Gasteiger partial charge in [-0.15, -0.1) is 0 Å². The Morgan fingerprint density at radius 2 is 1.96 bits per heavy atom. The van der Waals surface area contributed by atoms with Crippen LogP contribution in [0.15, 0.2) is 24.3 Å². The standard InChI is InChI=1S/C15H19N3O6/c1-4-16-13(19)10(3)24-15(21)9(2)17-14(20)11-6-5-7-12(8-11)18(22)23/h5-10H,4H2,1-3H3,(H,16,19)(H,17,20)/t9-,10+/m0/s1. The van der Waals surface area contributed by atoms with Crippen LogP contribution in [0.2, 0.25) is 0 Å². The molecule has 0 aromatic heterocycles. The van der Waals surface area contributed by atoms with E-state index in [4.69, 9.17) is 4.74 Å². The molecule has 0 aliphatic rings. The molecule has 9 nitrogen and oxygen atoms in total. The Morgan fingerprint density at radius 1 is 1.29 bits per heavy atom. The summed E-state index contributed by atoms with van der Waals surface area (Å²) in [4.78, 5) is 45.5. The third-order valence-electron chi connectivity index (χ3n) is 3.03. The van der Waals surface area contributed by atoms with Crippen molar-refractivity contribution in [3.05, 3.63) is 39.9 Å². The maximum atomic E-state index is 12.0. The van der Waals surface area contributed by atoms with Gasteiger partial charge in [0.1, 0.15) is 6.04 Å². The van der Waals surface area contributed by atoms with Crippen molar-refractivity contribution in [2.45, 2.75) is 32.9 Å². The fourth-order valence-electron chi connectivity index (χ4n) is 1.75. The lowest BCUT2D eigenvalue weighted by molar-refractivity contribution is -0.384. The molecule has 2 atom stereocenters. The van der Waals surface area contributed by atoms with Crippen molar-refractivity contribution < 1.29 is 24.0 Å². The lowest BCUT2D eigenvalue weighted by Crippen LogP contribution is -2.43. The summed E-state index contributed by atoms with van der Waals surface area (Å²) >= 11 is 0. The molecule has 0 spiro atoms. The molecule has 0 bridgehead atoms. The Bertz CT molecular complexity index is 646.